The molecule has 2 aliphatic heterocycles. The number of aliphatic hydroxyl groups is 1. The van der Waals surface area contributed by atoms with E-state index in [9.17, 15) is 18.6 Å². The summed E-state index contributed by atoms with van der Waals surface area (Å²) >= 11 is 12.1. The Hall–Kier alpha value is -1.81. The lowest BCUT2D eigenvalue weighted by molar-refractivity contribution is -0.193. The Morgan fingerprint density at radius 3 is 2.76 bits per heavy atom. The van der Waals surface area contributed by atoms with Gasteiger partial charge in [0.15, 0.2) is 11.5 Å². The number of aromatic hydroxyl groups is 1. The number of ether oxygens (including phenoxy) is 1. The quantitative estimate of drug-likeness (QED) is 0.517. The largest absolute Gasteiger partial charge is 0.504 e. The van der Waals surface area contributed by atoms with Crippen LogP contribution in [0.5, 0.6) is 11.5 Å². The first-order valence-corrected chi connectivity index (χ1v) is 14.9. The lowest BCUT2D eigenvalue weighted by Crippen LogP contribution is -2.78. The predicted molar refractivity (Wildman–Crippen MR) is 143 cm³/mol. The van der Waals surface area contributed by atoms with Crippen molar-refractivity contribution in [2.75, 3.05) is 20.1 Å². The molecule has 6 rings (SSSR count). The summed E-state index contributed by atoms with van der Waals surface area (Å²) in [6.07, 6.45) is 3.33. The molecule has 2 fully saturated rings. The van der Waals surface area contributed by atoms with Crippen molar-refractivity contribution in [1.29, 1.82) is 0 Å². The predicted octanol–water partition coefficient (Wildman–Crippen LogP) is 3.87. The molecular formula is C27H30Cl2N2O5S. The summed E-state index contributed by atoms with van der Waals surface area (Å²) in [6.45, 7) is 5.29. The number of rotatable bonds is 6. The van der Waals surface area contributed by atoms with Crippen LogP contribution in [-0.2, 0) is 27.6 Å². The van der Waals surface area contributed by atoms with Crippen LogP contribution in [0.1, 0.15) is 36.0 Å². The van der Waals surface area contributed by atoms with E-state index < -0.39 is 33.2 Å². The third kappa shape index (κ3) is 3.46. The van der Waals surface area contributed by atoms with Gasteiger partial charge in [0.2, 0.25) is 10.0 Å². The van der Waals surface area contributed by atoms with E-state index in [1.807, 2.05) is 12.1 Å². The van der Waals surface area contributed by atoms with Gasteiger partial charge in [-0.15, -0.1) is 6.58 Å². The summed E-state index contributed by atoms with van der Waals surface area (Å²) < 4.78 is 35.2. The second-order valence-corrected chi connectivity index (χ2v) is 13.6. The normalized spacial score (nSPS) is 32.2. The van der Waals surface area contributed by atoms with Crippen LogP contribution >= 0.6 is 23.2 Å². The van der Waals surface area contributed by atoms with Gasteiger partial charge in [-0.1, -0.05) is 41.4 Å². The first kappa shape index (κ1) is 25.5. The monoisotopic (exact) mass is 564 g/mol. The Bertz CT molecular complexity index is 1400. The number of likely N-dealkylation sites (N-methyl/N-ethyl adjacent to an activating group) is 1. The van der Waals surface area contributed by atoms with Crippen molar-refractivity contribution in [1.82, 2.24) is 9.21 Å². The first-order chi connectivity index (χ1) is 17.5. The minimum absolute atomic E-state index is 0.0249. The minimum Gasteiger partial charge on any atom is -0.504 e. The van der Waals surface area contributed by atoms with Crippen molar-refractivity contribution in [3.8, 4) is 11.5 Å². The number of sulfonamides is 1. The molecule has 2 N–H and O–H groups in total. The molecule has 2 aromatic rings. The average Bonchev–Trinajstić information content (AvgIpc) is 3.20. The van der Waals surface area contributed by atoms with Crippen molar-refractivity contribution in [3.05, 3.63) is 69.7 Å². The topological polar surface area (TPSA) is 90.3 Å². The van der Waals surface area contributed by atoms with Gasteiger partial charge in [0.05, 0.1) is 32.9 Å². The molecule has 1 saturated heterocycles. The number of phenols is 1. The number of phenolic OH excluding ortho intramolecular Hbond substituents is 1. The Balaban J connectivity index is 1.41. The number of benzene rings is 2. The van der Waals surface area contributed by atoms with Gasteiger partial charge in [-0.05, 0) is 61.6 Å². The summed E-state index contributed by atoms with van der Waals surface area (Å²) in [5, 5.41) is 23.9. The zero-order valence-corrected chi connectivity index (χ0v) is 22.9. The number of piperidine rings is 1. The maximum Gasteiger partial charge on any atom is 0.218 e. The number of hydrogen-bond acceptors (Lipinski definition) is 6. The number of halogens is 2. The van der Waals surface area contributed by atoms with Gasteiger partial charge in [-0.25, -0.2) is 8.42 Å². The third-order valence-electron chi connectivity index (χ3n) is 9.14. The van der Waals surface area contributed by atoms with E-state index in [-0.39, 0.29) is 17.5 Å². The van der Waals surface area contributed by atoms with Crippen LogP contribution in [0.25, 0.3) is 0 Å². The van der Waals surface area contributed by atoms with Crippen molar-refractivity contribution < 1.29 is 23.4 Å². The number of nitrogens with zero attached hydrogens (tertiary/aromatic N) is 2. The Kier molecular flexibility index (Phi) is 5.92. The van der Waals surface area contributed by atoms with Crippen LogP contribution in [0.3, 0.4) is 0 Å². The molecule has 2 heterocycles. The SMILES string of the molecule is C=CCN1CC[C@]23c4c5ccc(O)c4O[C@H]2[C@H](N(C)S(=O)(=O)Cc2ccc(Cl)c(Cl)c2)CC[C@@]3(O)[C@H]1C5. The molecule has 0 unspecified atom stereocenters. The molecular weight excluding hydrogens is 535 g/mol. The second kappa shape index (κ2) is 8.60. The van der Waals surface area contributed by atoms with Crippen LogP contribution in [0.15, 0.2) is 43.0 Å². The summed E-state index contributed by atoms with van der Waals surface area (Å²) in [5.41, 5.74) is 0.510. The van der Waals surface area contributed by atoms with Crippen LogP contribution in [0, 0.1) is 0 Å². The fraction of sp³-hybridized carbons (Fsp3) is 0.481. The lowest BCUT2D eigenvalue weighted by atomic mass is 9.48. The molecule has 5 atom stereocenters. The molecule has 1 saturated carbocycles. The van der Waals surface area contributed by atoms with Crippen molar-refractivity contribution in [2.24, 2.45) is 0 Å². The molecule has 0 amide bonds. The highest BCUT2D eigenvalue weighted by Gasteiger charge is 2.73. The van der Waals surface area contributed by atoms with Crippen molar-refractivity contribution >= 4 is 33.2 Å². The van der Waals surface area contributed by atoms with Gasteiger partial charge in [0.25, 0.3) is 0 Å². The molecule has 0 aromatic heterocycles. The highest BCUT2D eigenvalue weighted by atomic mass is 35.5. The molecule has 2 bridgehead atoms. The van der Waals surface area contributed by atoms with E-state index in [4.69, 9.17) is 27.9 Å². The van der Waals surface area contributed by atoms with Crippen LogP contribution in [0.4, 0.5) is 0 Å². The lowest BCUT2D eigenvalue weighted by Gasteiger charge is -2.64. The fourth-order valence-corrected chi connectivity index (χ4v) is 9.26. The highest BCUT2D eigenvalue weighted by molar-refractivity contribution is 7.88. The van der Waals surface area contributed by atoms with Gasteiger partial charge < -0.3 is 14.9 Å². The van der Waals surface area contributed by atoms with E-state index in [1.165, 1.54) is 4.31 Å². The van der Waals surface area contributed by atoms with Crippen LogP contribution < -0.4 is 4.74 Å². The number of hydrogen-bond donors (Lipinski definition) is 2. The zero-order valence-electron chi connectivity index (χ0n) is 20.5. The van der Waals surface area contributed by atoms with Gasteiger partial charge in [0, 0.05) is 25.2 Å². The molecule has 198 valence electrons. The van der Waals surface area contributed by atoms with Crippen LogP contribution in [0.2, 0.25) is 10.0 Å². The summed E-state index contributed by atoms with van der Waals surface area (Å²) in [5.74, 6) is 0.177. The van der Waals surface area contributed by atoms with E-state index in [2.05, 4.69) is 11.5 Å². The molecule has 37 heavy (non-hydrogen) atoms. The molecule has 0 radical (unpaired) electrons. The zero-order chi connectivity index (χ0) is 26.3. The highest BCUT2D eigenvalue weighted by Crippen LogP contribution is 2.65. The van der Waals surface area contributed by atoms with E-state index in [0.717, 1.165) is 17.7 Å². The molecule has 2 aromatic carbocycles. The smallest absolute Gasteiger partial charge is 0.218 e. The van der Waals surface area contributed by atoms with Crippen LogP contribution in [-0.4, -0.2) is 71.8 Å². The second-order valence-electron chi connectivity index (χ2n) is 10.8. The minimum atomic E-state index is -3.77. The maximum atomic E-state index is 13.6. The summed E-state index contributed by atoms with van der Waals surface area (Å²) in [7, 11) is -2.19. The molecule has 1 spiro atoms. The van der Waals surface area contributed by atoms with Gasteiger partial charge >= 0.3 is 0 Å². The maximum absolute atomic E-state index is 13.6. The standard InChI is InChI=1S/C27H30Cl2N2O5S/c1-3-11-31-12-10-26-23-17-5-7-21(32)24(23)36-25(26)20(8-9-27(26,33)22(31)14-17)30(2)37(34,35)15-16-4-6-18(28)19(29)13-16/h3-7,13,20,22,25,32-33H,1,8-12,14-15H2,2H3/t20-,22-,25+,26+,27-/m1/s1. The molecule has 4 aliphatic rings. The molecule has 7 nitrogen and oxygen atoms in total. The summed E-state index contributed by atoms with van der Waals surface area (Å²) in [4.78, 5) is 2.27. The Morgan fingerprint density at radius 1 is 1.24 bits per heavy atom. The average molecular weight is 566 g/mol. The van der Waals surface area contributed by atoms with Gasteiger partial charge in [-0.3, -0.25) is 4.90 Å². The van der Waals surface area contributed by atoms with Crippen molar-refractivity contribution in [3.63, 3.8) is 0 Å². The first-order valence-electron chi connectivity index (χ1n) is 12.5. The van der Waals surface area contributed by atoms with Gasteiger partial charge in [-0.2, -0.15) is 4.31 Å². The Labute approximate surface area is 227 Å². The van der Waals surface area contributed by atoms with E-state index >= 15 is 0 Å². The number of likely N-dealkylation sites (tertiary alicyclic amines) is 1. The third-order valence-corrected chi connectivity index (χ3v) is 11.7. The summed E-state index contributed by atoms with van der Waals surface area (Å²) in [6, 6.07) is 7.71. The van der Waals surface area contributed by atoms with E-state index in [1.54, 1.807) is 31.3 Å². The Morgan fingerprint density at radius 2 is 2.03 bits per heavy atom. The van der Waals surface area contributed by atoms with E-state index in [0.29, 0.717) is 53.6 Å². The fourth-order valence-electron chi connectivity index (χ4n) is 7.51. The van der Waals surface area contributed by atoms with Crippen molar-refractivity contribution in [2.45, 2.75) is 60.6 Å². The molecule has 2 aliphatic carbocycles. The van der Waals surface area contributed by atoms with Gasteiger partial charge in [0.1, 0.15) is 6.10 Å². The molecule has 10 heteroatoms.